The zero-order valence-electron chi connectivity index (χ0n) is 4.16. The maximum atomic E-state index is 3.52. The Morgan fingerprint density at radius 1 is 1.67 bits per heavy atom. The van der Waals surface area contributed by atoms with Gasteiger partial charge in [0.25, 0.3) is 0 Å². The van der Waals surface area contributed by atoms with E-state index in [2.05, 4.69) is 26.6 Å². The van der Waals surface area contributed by atoms with Gasteiger partial charge in [-0.1, -0.05) is 0 Å². The third-order valence-corrected chi connectivity index (χ3v) is 5.43. The molecular weight excluding hydrogens is 247 g/mol. The van der Waals surface area contributed by atoms with Crippen molar-refractivity contribution in [1.82, 2.24) is 0 Å². The summed E-state index contributed by atoms with van der Waals surface area (Å²) < 4.78 is 1.46. The van der Waals surface area contributed by atoms with Crippen molar-refractivity contribution in [3.63, 3.8) is 0 Å². The van der Waals surface area contributed by atoms with Crippen molar-refractivity contribution < 1.29 is 0 Å². The van der Waals surface area contributed by atoms with Crippen LogP contribution in [-0.2, 0) is 0 Å². The molecule has 0 saturated carbocycles. The monoisotopic (exact) mass is 256 g/mol. The van der Waals surface area contributed by atoms with Crippen LogP contribution in [0.3, 0.4) is 0 Å². The molecule has 2 heteroatoms. The van der Waals surface area contributed by atoms with Crippen LogP contribution in [-0.4, -0.2) is 18.9 Å². The van der Waals surface area contributed by atoms with Crippen molar-refractivity contribution in [2.45, 2.75) is 18.3 Å². The first kappa shape index (κ1) is 7.28. The summed E-state index contributed by atoms with van der Waals surface area (Å²) >= 11 is 3.48. The van der Waals surface area contributed by atoms with Crippen LogP contribution >= 0.6 is 12.7 Å². The van der Waals surface area contributed by atoms with Crippen LogP contribution in [0, 0.1) is 5.92 Å². The van der Waals surface area contributed by atoms with Gasteiger partial charge in [-0.05, 0) is 0 Å². The van der Waals surface area contributed by atoms with Gasteiger partial charge >= 0.3 is 55.8 Å². The Kier molecular flexibility index (Phi) is 5.38. The van der Waals surface area contributed by atoms with E-state index >= 15 is 0 Å². The molecule has 0 rings (SSSR count). The molecule has 0 unspecified atom stereocenters. The number of hydrogen-bond donors (Lipinski definition) is 0. The molecule has 2 radical (unpaired) electrons. The van der Waals surface area contributed by atoms with Crippen LogP contribution in [0.15, 0.2) is 0 Å². The first-order chi connectivity index (χ1) is 2.77. The molecular formula is C4H9BrSn. The molecule has 0 N–H and O–H groups in total. The molecule has 0 fully saturated rings. The second-order valence-electron chi connectivity index (χ2n) is 1.73. The Bertz CT molecular complexity index is 28.7. The van der Waals surface area contributed by atoms with Gasteiger partial charge in [-0.15, -0.1) is 0 Å². The van der Waals surface area contributed by atoms with Gasteiger partial charge in [0.15, 0.2) is 0 Å². The van der Waals surface area contributed by atoms with E-state index in [9.17, 15) is 0 Å². The molecule has 0 heterocycles. The summed E-state index contributed by atoms with van der Waals surface area (Å²) in [6, 6.07) is 0. The Morgan fingerprint density at radius 2 is 2.17 bits per heavy atom. The molecule has 0 amide bonds. The van der Waals surface area contributed by atoms with E-state index < -0.39 is 0 Å². The molecule has 0 aliphatic heterocycles. The zero-order valence-corrected chi connectivity index (χ0v) is 8.60. The topological polar surface area (TPSA) is 0 Å². The fourth-order valence-electron chi connectivity index (χ4n) is 0.154. The zero-order chi connectivity index (χ0) is 4.99. The molecule has 0 saturated heterocycles. The van der Waals surface area contributed by atoms with Gasteiger partial charge in [-0.2, -0.15) is 0 Å². The van der Waals surface area contributed by atoms with E-state index in [4.69, 9.17) is 0 Å². The SMILES string of the molecule is CC(C)[CH2][Sn][Br]. The van der Waals surface area contributed by atoms with Crippen LogP contribution in [0.1, 0.15) is 13.8 Å². The van der Waals surface area contributed by atoms with Gasteiger partial charge in [0.1, 0.15) is 0 Å². The molecule has 0 aromatic heterocycles. The van der Waals surface area contributed by atoms with Gasteiger partial charge in [0.05, 0.1) is 0 Å². The van der Waals surface area contributed by atoms with Crippen molar-refractivity contribution in [1.29, 1.82) is 0 Å². The van der Waals surface area contributed by atoms with Crippen LogP contribution in [0.4, 0.5) is 0 Å². The first-order valence-corrected chi connectivity index (χ1v) is 10.5. The van der Waals surface area contributed by atoms with Crippen LogP contribution < -0.4 is 0 Å². The van der Waals surface area contributed by atoms with Crippen molar-refractivity contribution >= 4 is 31.6 Å². The van der Waals surface area contributed by atoms with Gasteiger partial charge in [0.2, 0.25) is 0 Å². The molecule has 0 aromatic rings. The first-order valence-electron chi connectivity index (χ1n) is 2.11. The Morgan fingerprint density at radius 3 is 2.17 bits per heavy atom. The van der Waals surface area contributed by atoms with Crippen molar-refractivity contribution in [2.75, 3.05) is 0 Å². The fourth-order valence-corrected chi connectivity index (χ4v) is 5.38. The molecule has 0 aliphatic carbocycles. The summed E-state index contributed by atoms with van der Waals surface area (Å²) in [7, 11) is 0. The number of rotatable bonds is 2. The van der Waals surface area contributed by atoms with Gasteiger partial charge in [0, 0.05) is 0 Å². The van der Waals surface area contributed by atoms with E-state index in [1.807, 2.05) is 0 Å². The van der Waals surface area contributed by atoms with Crippen LogP contribution in [0.2, 0.25) is 4.44 Å². The minimum absolute atomic E-state index is 0.0370. The van der Waals surface area contributed by atoms with E-state index in [1.54, 1.807) is 0 Å². The summed E-state index contributed by atoms with van der Waals surface area (Å²) in [4.78, 5) is 0. The fraction of sp³-hybridized carbons (Fsp3) is 1.00. The van der Waals surface area contributed by atoms with E-state index in [-0.39, 0.29) is 18.9 Å². The van der Waals surface area contributed by atoms with E-state index in [1.165, 1.54) is 4.44 Å². The molecule has 0 aromatic carbocycles. The van der Waals surface area contributed by atoms with Crippen molar-refractivity contribution in [2.24, 2.45) is 5.92 Å². The van der Waals surface area contributed by atoms with Crippen molar-refractivity contribution in [3.8, 4) is 0 Å². The Hall–Kier alpha value is 1.28. The summed E-state index contributed by atoms with van der Waals surface area (Å²) in [5.74, 6) is 0.927. The third-order valence-electron chi connectivity index (χ3n) is 0.485. The van der Waals surface area contributed by atoms with Crippen LogP contribution in [0.5, 0.6) is 0 Å². The molecule has 0 spiro atoms. The predicted octanol–water partition coefficient (Wildman–Crippen LogP) is 2.07. The van der Waals surface area contributed by atoms with Gasteiger partial charge in [-0.25, -0.2) is 0 Å². The summed E-state index contributed by atoms with van der Waals surface area (Å²) in [5.41, 5.74) is 0. The van der Waals surface area contributed by atoms with Crippen LogP contribution in [0.25, 0.3) is 0 Å². The number of hydrogen-bond acceptors (Lipinski definition) is 0. The summed E-state index contributed by atoms with van der Waals surface area (Å²) in [6.45, 7) is 4.53. The molecule has 0 aliphatic rings. The average molecular weight is 256 g/mol. The van der Waals surface area contributed by atoms with Crippen molar-refractivity contribution in [3.05, 3.63) is 0 Å². The molecule has 6 heavy (non-hydrogen) atoms. The molecule has 36 valence electrons. The molecule has 0 nitrogen and oxygen atoms in total. The van der Waals surface area contributed by atoms with E-state index in [0.717, 1.165) is 5.92 Å². The van der Waals surface area contributed by atoms with Gasteiger partial charge in [-0.3, -0.25) is 0 Å². The summed E-state index contributed by atoms with van der Waals surface area (Å²) in [5, 5.41) is 0. The summed E-state index contributed by atoms with van der Waals surface area (Å²) in [6.07, 6.45) is 0. The number of halogens is 1. The standard InChI is InChI=1S/C4H9.BrH.Sn/c1-4(2)3;;/h4H,1H2,2-3H3;1H;/q;;+1/p-1. The second-order valence-corrected chi connectivity index (χ2v) is 7.42. The van der Waals surface area contributed by atoms with E-state index in [0.29, 0.717) is 0 Å². The minimum atomic E-state index is -0.0370. The Labute approximate surface area is 55.7 Å². The second kappa shape index (κ2) is 4.44. The third kappa shape index (κ3) is 5.28. The normalized spacial score (nSPS) is 10.0. The predicted molar refractivity (Wildman–Crippen MR) is 34.3 cm³/mol. The average Bonchev–Trinajstić information content (AvgIpc) is 1.35. The maximum absolute atomic E-state index is 3.52. The Balaban J connectivity index is 2.63. The van der Waals surface area contributed by atoms with Gasteiger partial charge < -0.3 is 0 Å². The quantitative estimate of drug-likeness (QED) is 0.663. The molecule has 0 atom stereocenters. The molecule has 0 bridgehead atoms.